The van der Waals surface area contributed by atoms with E-state index in [4.69, 9.17) is 0 Å². The van der Waals surface area contributed by atoms with E-state index in [1.54, 1.807) is 6.20 Å². The van der Waals surface area contributed by atoms with Crippen molar-refractivity contribution in [3.05, 3.63) is 36.3 Å². The van der Waals surface area contributed by atoms with Crippen LogP contribution in [0.2, 0.25) is 0 Å². The summed E-state index contributed by atoms with van der Waals surface area (Å²) in [6.45, 7) is 3.86. The minimum absolute atomic E-state index is 0.841. The van der Waals surface area contributed by atoms with Crippen LogP contribution in [-0.4, -0.2) is 26.5 Å². The Bertz CT molecular complexity index is 437. The lowest BCUT2D eigenvalue weighted by Gasteiger charge is -2.07. The van der Waals surface area contributed by atoms with Crippen molar-refractivity contribution in [1.29, 1.82) is 0 Å². The maximum absolute atomic E-state index is 4.28. The van der Waals surface area contributed by atoms with Crippen LogP contribution in [-0.2, 0) is 13.0 Å². The van der Waals surface area contributed by atoms with Crippen LogP contribution in [0.15, 0.2) is 30.6 Å². The van der Waals surface area contributed by atoms with Gasteiger partial charge >= 0.3 is 0 Å². The SMILES string of the molecule is CCCn1nncc1NCCc1ccccn1. The molecule has 0 radical (unpaired) electrons. The molecule has 0 spiro atoms. The van der Waals surface area contributed by atoms with Crippen LogP contribution < -0.4 is 5.32 Å². The predicted molar refractivity (Wildman–Crippen MR) is 66.7 cm³/mol. The summed E-state index contributed by atoms with van der Waals surface area (Å²) in [5.41, 5.74) is 1.09. The lowest BCUT2D eigenvalue weighted by molar-refractivity contribution is 0.583. The molecule has 0 saturated heterocycles. The zero-order valence-corrected chi connectivity index (χ0v) is 10.0. The first-order valence-electron chi connectivity index (χ1n) is 5.92. The minimum Gasteiger partial charge on any atom is -0.369 e. The molecule has 0 amide bonds. The van der Waals surface area contributed by atoms with Gasteiger partial charge in [0.25, 0.3) is 0 Å². The first kappa shape index (κ1) is 11.6. The molecule has 90 valence electrons. The summed E-state index contributed by atoms with van der Waals surface area (Å²) in [7, 11) is 0. The van der Waals surface area contributed by atoms with Gasteiger partial charge in [-0.2, -0.15) is 0 Å². The van der Waals surface area contributed by atoms with Gasteiger partial charge in [-0.05, 0) is 18.6 Å². The molecule has 0 aromatic carbocycles. The summed E-state index contributed by atoms with van der Waals surface area (Å²) < 4.78 is 1.89. The monoisotopic (exact) mass is 231 g/mol. The molecule has 17 heavy (non-hydrogen) atoms. The molecule has 2 aromatic heterocycles. The van der Waals surface area contributed by atoms with Gasteiger partial charge in [0.2, 0.25) is 0 Å². The van der Waals surface area contributed by atoms with E-state index in [2.05, 4.69) is 27.5 Å². The maximum Gasteiger partial charge on any atom is 0.144 e. The molecule has 0 bridgehead atoms. The largest absolute Gasteiger partial charge is 0.369 e. The van der Waals surface area contributed by atoms with Crippen LogP contribution in [0.4, 0.5) is 5.82 Å². The van der Waals surface area contributed by atoms with Gasteiger partial charge < -0.3 is 5.32 Å². The molecule has 0 aliphatic heterocycles. The van der Waals surface area contributed by atoms with Crippen LogP contribution in [0.5, 0.6) is 0 Å². The van der Waals surface area contributed by atoms with E-state index in [1.165, 1.54) is 0 Å². The van der Waals surface area contributed by atoms with Gasteiger partial charge in [-0.1, -0.05) is 18.2 Å². The number of hydrogen-bond acceptors (Lipinski definition) is 4. The van der Waals surface area contributed by atoms with Crippen molar-refractivity contribution in [3.63, 3.8) is 0 Å². The molecule has 5 nitrogen and oxygen atoms in total. The summed E-state index contributed by atoms with van der Waals surface area (Å²) in [5, 5.41) is 11.2. The number of aryl methyl sites for hydroxylation is 1. The fourth-order valence-corrected chi connectivity index (χ4v) is 1.64. The van der Waals surface area contributed by atoms with Crippen molar-refractivity contribution >= 4 is 5.82 Å². The molecule has 1 N–H and O–H groups in total. The van der Waals surface area contributed by atoms with Crippen molar-refractivity contribution < 1.29 is 0 Å². The fraction of sp³-hybridized carbons (Fsp3) is 0.417. The molecule has 0 fully saturated rings. The minimum atomic E-state index is 0.841. The van der Waals surface area contributed by atoms with Gasteiger partial charge in [0, 0.05) is 31.4 Å². The zero-order chi connectivity index (χ0) is 11.9. The second kappa shape index (κ2) is 5.98. The Kier molecular flexibility index (Phi) is 4.07. The first-order chi connectivity index (χ1) is 8.40. The highest BCUT2D eigenvalue weighted by Gasteiger charge is 2.01. The number of hydrogen-bond donors (Lipinski definition) is 1. The van der Waals surface area contributed by atoms with E-state index < -0.39 is 0 Å². The van der Waals surface area contributed by atoms with Crippen molar-refractivity contribution in [3.8, 4) is 0 Å². The highest BCUT2D eigenvalue weighted by atomic mass is 15.4. The summed E-state index contributed by atoms with van der Waals surface area (Å²) >= 11 is 0. The number of rotatable bonds is 6. The van der Waals surface area contributed by atoms with E-state index in [-0.39, 0.29) is 0 Å². The molecule has 0 aliphatic rings. The average Bonchev–Trinajstić information content (AvgIpc) is 2.79. The topological polar surface area (TPSA) is 55.6 Å². The first-order valence-corrected chi connectivity index (χ1v) is 5.92. The summed E-state index contributed by atoms with van der Waals surface area (Å²) in [6.07, 6.45) is 5.53. The summed E-state index contributed by atoms with van der Waals surface area (Å²) in [6, 6.07) is 5.96. The smallest absolute Gasteiger partial charge is 0.144 e. The third kappa shape index (κ3) is 3.27. The van der Waals surface area contributed by atoms with E-state index in [0.717, 1.165) is 37.4 Å². The van der Waals surface area contributed by atoms with Gasteiger partial charge in [-0.25, -0.2) is 4.68 Å². The van der Waals surface area contributed by atoms with Gasteiger partial charge in [0.05, 0.1) is 6.20 Å². The quantitative estimate of drug-likeness (QED) is 0.822. The molecule has 2 heterocycles. The lowest BCUT2D eigenvalue weighted by atomic mass is 10.3. The summed E-state index contributed by atoms with van der Waals surface area (Å²) in [4.78, 5) is 4.28. The van der Waals surface area contributed by atoms with E-state index >= 15 is 0 Å². The molecule has 2 rings (SSSR count). The van der Waals surface area contributed by atoms with E-state index in [1.807, 2.05) is 29.1 Å². The molecule has 2 aromatic rings. The number of nitrogens with one attached hydrogen (secondary N) is 1. The highest BCUT2D eigenvalue weighted by molar-refractivity contribution is 5.31. The number of anilines is 1. The lowest BCUT2D eigenvalue weighted by Crippen LogP contribution is -2.11. The number of aromatic nitrogens is 4. The fourth-order valence-electron chi connectivity index (χ4n) is 1.64. The Morgan fingerprint density at radius 3 is 3.06 bits per heavy atom. The standard InChI is InChI=1S/C12H17N5/c1-2-9-17-12(10-15-16-17)14-8-6-11-5-3-4-7-13-11/h3-5,7,10,14H,2,6,8-9H2,1H3. The van der Waals surface area contributed by atoms with Crippen LogP contribution in [0.1, 0.15) is 19.0 Å². The van der Waals surface area contributed by atoms with Crippen LogP contribution in [0.3, 0.4) is 0 Å². The predicted octanol–water partition coefficient (Wildman–Crippen LogP) is 1.74. The molecule has 0 saturated carbocycles. The molecular formula is C12H17N5. The summed E-state index contributed by atoms with van der Waals surface area (Å²) in [5.74, 6) is 0.975. The molecular weight excluding hydrogens is 214 g/mol. The van der Waals surface area contributed by atoms with Crippen LogP contribution >= 0.6 is 0 Å². The van der Waals surface area contributed by atoms with Gasteiger partial charge in [0.1, 0.15) is 5.82 Å². The van der Waals surface area contributed by atoms with Crippen molar-refractivity contribution in [1.82, 2.24) is 20.0 Å². The Morgan fingerprint density at radius 2 is 2.29 bits per heavy atom. The Hall–Kier alpha value is -1.91. The average molecular weight is 231 g/mol. The maximum atomic E-state index is 4.28. The number of nitrogens with zero attached hydrogens (tertiary/aromatic N) is 4. The van der Waals surface area contributed by atoms with Crippen molar-refractivity contribution in [2.75, 3.05) is 11.9 Å². The van der Waals surface area contributed by atoms with Crippen LogP contribution in [0.25, 0.3) is 0 Å². The zero-order valence-electron chi connectivity index (χ0n) is 10.0. The molecule has 0 aliphatic carbocycles. The Morgan fingerprint density at radius 1 is 1.35 bits per heavy atom. The third-order valence-electron chi connectivity index (χ3n) is 2.47. The van der Waals surface area contributed by atoms with Gasteiger partial charge in [-0.15, -0.1) is 5.10 Å². The van der Waals surface area contributed by atoms with E-state index in [0.29, 0.717) is 0 Å². The van der Waals surface area contributed by atoms with Gasteiger partial charge in [0.15, 0.2) is 0 Å². The number of pyridine rings is 1. The second-order valence-electron chi connectivity index (χ2n) is 3.84. The Labute approximate surface area is 101 Å². The molecule has 5 heteroatoms. The molecule has 0 atom stereocenters. The van der Waals surface area contributed by atoms with Crippen molar-refractivity contribution in [2.24, 2.45) is 0 Å². The second-order valence-corrected chi connectivity index (χ2v) is 3.84. The van der Waals surface area contributed by atoms with E-state index in [9.17, 15) is 0 Å². The van der Waals surface area contributed by atoms with Crippen molar-refractivity contribution in [2.45, 2.75) is 26.3 Å². The third-order valence-corrected chi connectivity index (χ3v) is 2.47. The highest BCUT2D eigenvalue weighted by Crippen LogP contribution is 2.05. The van der Waals surface area contributed by atoms with Gasteiger partial charge in [-0.3, -0.25) is 4.98 Å². The van der Waals surface area contributed by atoms with Crippen LogP contribution in [0, 0.1) is 0 Å². The Balaban J connectivity index is 1.84. The normalized spacial score (nSPS) is 10.4. The molecule has 0 unspecified atom stereocenters.